The average molecular weight is 210 g/mol. The fraction of sp³-hybridized carbons (Fsp3) is 1.00. The second-order valence-electron chi connectivity index (χ2n) is 4.14. The maximum absolute atomic E-state index is 12.4. The van der Waals surface area contributed by atoms with Gasteiger partial charge in [-0.25, -0.2) is 0 Å². The largest absolute Gasteiger partial charge is 0.393 e. The van der Waals surface area contributed by atoms with Gasteiger partial charge in [0, 0.05) is 12.5 Å². The summed E-state index contributed by atoms with van der Waals surface area (Å²) in [5.74, 6) is -1.47. The molecule has 0 amide bonds. The van der Waals surface area contributed by atoms with Gasteiger partial charge in [-0.3, -0.25) is 0 Å². The molecular weight excluding hydrogens is 197 g/mol. The smallest absolute Gasteiger partial charge is 0.392 e. The van der Waals surface area contributed by atoms with Crippen LogP contribution in [0.3, 0.4) is 0 Å². The first-order valence-corrected chi connectivity index (χ1v) is 4.85. The van der Waals surface area contributed by atoms with Crippen molar-refractivity contribution in [3.63, 3.8) is 0 Å². The Kier molecular flexibility index (Phi) is 2.47. The van der Waals surface area contributed by atoms with Crippen LogP contribution in [0.1, 0.15) is 19.3 Å². The molecule has 1 saturated heterocycles. The zero-order valence-electron chi connectivity index (χ0n) is 7.63. The molecule has 1 aliphatic carbocycles. The van der Waals surface area contributed by atoms with E-state index in [0.717, 1.165) is 0 Å². The fourth-order valence-electron chi connectivity index (χ4n) is 2.46. The minimum Gasteiger partial charge on any atom is -0.393 e. The summed E-state index contributed by atoms with van der Waals surface area (Å²) in [5, 5.41) is 9.53. The average Bonchev–Trinajstić information content (AvgIpc) is 2.50. The molecule has 4 unspecified atom stereocenters. The molecule has 1 N–H and O–H groups in total. The predicted molar refractivity (Wildman–Crippen MR) is 42.6 cm³/mol. The molecule has 0 radical (unpaired) electrons. The molecule has 14 heavy (non-hydrogen) atoms. The van der Waals surface area contributed by atoms with Crippen molar-refractivity contribution in [2.45, 2.75) is 37.6 Å². The standard InChI is InChI=1S/C9H13F3O2/c10-9(11,12)5-3-7(13)6-1-2-14-8(6)4-5/h5-8,13H,1-4H2. The highest BCUT2D eigenvalue weighted by Gasteiger charge is 2.49. The highest BCUT2D eigenvalue weighted by atomic mass is 19.4. The van der Waals surface area contributed by atoms with E-state index in [0.29, 0.717) is 13.0 Å². The van der Waals surface area contributed by atoms with E-state index in [2.05, 4.69) is 0 Å². The third-order valence-electron chi connectivity index (χ3n) is 3.26. The number of alkyl halides is 3. The summed E-state index contributed by atoms with van der Waals surface area (Å²) in [6, 6.07) is 0. The molecule has 5 heteroatoms. The van der Waals surface area contributed by atoms with Gasteiger partial charge >= 0.3 is 6.18 Å². The van der Waals surface area contributed by atoms with Crippen molar-refractivity contribution >= 4 is 0 Å². The lowest BCUT2D eigenvalue weighted by Crippen LogP contribution is -2.42. The first-order valence-electron chi connectivity index (χ1n) is 4.85. The van der Waals surface area contributed by atoms with E-state index >= 15 is 0 Å². The monoisotopic (exact) mass is 210 g/mol. The summed E-state index contributed by atoms with van der Waals surface area (Å²) in [6.45, 7) is 0.483. The molecule has 2 nitrogen and oxygen atoms in total. The van der Waals surface area contributed by atoms with Crippen LogP contribution in [0.4, 0.5) is 13.2 Å². The minimum atomic E-state index is -4.20. The van der Waals surface area contributed by atoms with Crippen LogP contribution < -0.4 is 0 Å². The molecule has 0 aromatic rings. The lowest BCUT2D eigenvalue weighted by Gasteiger charge is -2.35. The third kappa shape index (κ3) is 1.75. The molecule has 1 heterocycles. The molecule has 0 aromatic heterocycles. The van der Waals surface area contributed by atoms with Gasteiger partial charge in [-0.15, -0.1) is 0 Å². The number of ether oxygens (including phenoxy) is 1. The number of hydrogen-bond acceptors (Lipinski definition) is 2. The Morgan fingerprint density at radius 3 is 2.57 bits per heavy atom. The first kappa shape index (κ1) is 10.2. The fourth-order valence-corrected chi connectivity index (χ4v) is 2.46. The number of halogens is 3. The van der Waals surface area contributed by atoms with Crippen LogP contribution in [0.2, 0.25) is 0 Å². The SMILES string of the molecule is OC1CC(C(F)(F)F)CC2OCCC12. The number of aliphatic hydroxyl groups excluding tert-OH is 1. The number of rotatable bonds is 0. The highest BCUT2D eigenvalue weighted by molar-refractivity contribution is 4.92. The van der Waals surface area contributed by atoms with E-state index in [1.807, 2.05) is 0 Å². The number of fused-ring (bicyclic) bond motifs is 1. The molecule has 2 fully saturated rings. The Bertz CT molecular complexity index is 217. The summed E-state index contributed by atoms with van der Waals surface area (Å²) in [7, 11) is 0. The lowest BCUT2D eigenvalue weighted by molar-refractivity contribution is -0.203. The van der Waals surface area contributed by atoms with Crippen molar-refractivity contribution in [1.82, 2.24) is 0 Å². The van der Waals surface area contributed by atoms with Crippen LogP contribution >= 0.6 is 0 Å². The molecule has 82 valence electrons. The Hall–Kier alpha value is -0.290. The Labute approximate surface area is 80.1 Å². The van der Waals surface area contributed by atoms with Crippen LogP contribution in [-0.4, -0.2) is 30.1 Å². The Balaban J connectivity index is 2.06. The summed E-state index contributed by atoms with van der Waals surface area (Å²) in [5.41, 5.74) is 0. The third-order valence-corrected chi connectivity index (χ3v) is 3.26. The zero-order chi connectivity index (χ0) is 10.3. The van der Waals surface area contributed by atoms with E-state index in [-0.39, 0.29) is 24.9 Å². The van der Waals surface area contributed by atoms with Gasteiger partial charge in [-0.1, -0.05) is 0 Å². The minimum absolute atomic E-state index is 0.0191. The van der Waals surface area contributed by atoms with Crippen molar-refractivity contribution in [3.8, 4) is 0 Å². The summed E-state index contributed by atoms with van der Waals surface area (Å²) in [4.78, 5) is 0. The Morgan fingerprint density at radius 1 is 1.21 bits per heavy atom. The van der Waals surface area contributed by atoms with Gasteiger partial charge in [0.15, 0.2) is 0 Å². The highest BCUT2D eigenvalue weighted by Crippen LogP contribution is 2.43. The van der Waals surface area contributed by atoms with Gasteiger partial charge in [0.1, 0.15) is 0 Å². The van der Waals surface area contributed by atoms with Crippen LogP contribution in [0, 0.1) is 11.8 Å². The Morgan fingerprint density at radius 2 is 1.93 bits per heavy atom. The molecule has 4 atom stereocenters. The van der Waals surface area contributed by atoms with Crippen LogP contribution in [0.25, 0.3) is 0 Å². The molecule has 2 rings (SSSR count). The van der Waals surface area contributed by atoms with Crippen LogP contribution in [-0.2, 0) is 4.74 Å². The van der Waals surface area contributed by atoms with E-state index in [1.165, 1.54) is 0 Å². The topological polar surface area (TPSA) is 29.5 Å². The first-order chi connectivity index (χ1) is 6.48. The second kappa shape index (κ2) is 3.38. The van der Waals surface area contributed by atoms with Crippen LogP contribution in [0.5, 0.6) is 0 Å². The predicted octanol–water partition coefficient (Wildman–Crippen LogP) is 1.72. The van der Waals surface area contributed by atoms with Crippen molar-refractivity contribution in [3.05, 3.63) is 0 Å². The molecule has 0 spiro atoms. The summed E-state index contributed by atoms with van der Waals surface area (Å²) >= 11 is 0. The molecule has 0 aromatic carbocycles. The van der Waals surface area contributed by atoms with Gasteiger partial charge in [0.25, 0.3) is 0 Å². The molecular formula is C9H13F3O2. The lowest BCUT2D eigenvalue weighted by atomic mass is 9.77. The quantitative estimate of drug-likeness (QED) is 0.659. The van der Waals surface area contributed by atoms with Crippen LogP contribution in [0.15, 0.2) is 0 Å². The van der Waals surface area contributed by atoms with Crippen molar-refractivity contribution in [2.24, 2.45) is 11.8 Å². The van der Waals surface area contributed by atoms with Gasteiger partial charge < -0.3 is 9.84 Å². The van der Waals surface area contributed by atoms with E-state index in [1.54, 1.807) is 0 Å². The van der Waals surface area contributed by atoms with Gasteiger partial charge in [0.05, 0.1) is 18.1 Å². The van der Waals surface area contributed by atoms with Crippen molar-refractivity contribution in [2.75, 3.05) is 6.61 Å². The summed E-state index contributed by atoms with van der Waals surface area (Å²) < 4.78 is 42.4. The molecule has 1 saturated carbocycles. The zero-order valence-corrected chi connectivity index (χ0v) is 7.63. The van der Waals surface area contributed by atoms with E-state index < -0.39 is 18.2 Å². The van der Waals surface area contributed by atoms with E-state index in [4.69, 9.17) is 4.74 Å². The molecule has 0 bridgehead atoms. The van der Waals surface area contributed by atoms with Crippen molar-refractivity contribution < 1.29 is 23.0 Å². The number of hydrogen-bond donors (Lipinski definition) is 1. The van der Waals surface area contributed by atoms with Gasteiger partial charge in [-0.05, 0) is 19.3 Å². The summed E-state index contributed by atoms with van der Waals surface area (Å²) in [6.07, 6.45) is -4.87. The van der Waals surface area contributed by atoms with E-state index in [9.17, 15) is 18.3 Å². The maximum Gasteiger partial charge on any atom is 0.392 e. The normalized spacial score (nSPS) is 43.7. The second-order valence-corrected chi connectivity index (χ2v) is 4.14. The van der Waals surface area contributed by atoms with Gasteiger partial charge in [-0.2, -0.15) is 13.2 Å². The number of aliphatic hydroxyl groups is 1. The molecule has 1 aliphatic heterocycles. The van der Waals surface area contributed by atoms with Crippen molar-refractivity contribution in [1.29, 1.82) is 0 Å². The molecule has 2 aliphatic rings. The maximum atomic E-state index is 12.4. The van der Waals surface area contributed by atoms with Gasteiger partial charge in [0.2, 0.25) is 0 Å².